The number of hydrogen-bond donors (Lipinski definition) is 0. The molecule has 0 heterocycles. The van der Waals surface area contributed by atoms with Crippen molar-refractivity contribution >= 4 is 5.97 Å². The molecule has 0 aliphatic rings. The van der Waals surface area contributed by atoms with E-state index in [1.54, 1.807) is 0 Å². The van der Waals surface area contributed by atoms with Gasteiger partial charge in [0.2, 0.25) is 0 Å². The molecule has 0 saturated carbocycles. The zero-order valence-corrected chi connectivity index (χ0v) is 13.7. The van der Waals surface area contributed by atoms with Gasteiger partial charge in [0.1, 0.15) is 0 Å². The van der Waals surface area contributed by atoms with Crippen molar-refractivity contribution in [3.8, 4) is 11.8 Å². The van der Waals surface area contributed by atoms with Crippen LogP contribution in [0.1, 0.15) is 45.6 Å². The molecule has 1 rings (SSSR count). The van der Waals surface area contributed by atoms with Gasteiger partial charge in [-0.25, -0.2) is 4.79 Å². The molecule has 0 amide bonds. The smallest absolute Gasteiger partial charge is 0.343 e. The molecule has 2 nitrogen and oxygen atoms in total. The first-order chi connectivity index (χ1) is 10.6. The van der Waals surface area contributed by atoms with Crippen LogP contribution in [0.2, 0.25) is 0 Å². The Kier molecular flexibility index (Phi) is 8.50. The normalized spacial score (nSPS) is 9.23. The Labute approximate surface area is 133 Å². The van der Waals surface area contributed by atoms with Crippen LogP contribution in [0.3, 0.4) is 0 Å². The summed E-state index contributed by atoms with van der Waals surface area (Å²) >= 11 is 0. The van der Waals surface area contributed by atoms with Crippen LogP contribution in [0.25, 0.3) is 0 Å². The molecule has 2 heteroatoms. The number of carbonyl (C=O) groups excluding carboxylic acids is 1. The van der Waals surface area contributed by atoms with E-state index in [4.69, 9.17) is 4.74 Å². The lowest BCUT2D eigenvalue weighted by molar-refractivity contribution is -0.137. The molecule has 0 bridgehead atoms. The summed E-state index contributed by atoms with van der Waals surface area (Å²) in [6.07, 6.45) is 3.58. The molecule has 22 heavy (non-hydrogen) atoms. The second-order valence-electron chi connectivity index (χ2n) is 5.30. The second-order valence-corrected chi connectivity index (χ2v) is 5.30. The fourth-order valence-corrected chi connectivity index (χ4v) is 1.86. The van der Waals surface area contributed by atoms with Crippen LogP contribution in [0.4, 0.5) is 0 Å². The van der Waals surface area contributed by atoms with Gasteiger partial charge in [-0.1, -0.05) is 55.5 Å². The van der Waals surface area contributed by atoms with Crippen molar-refractivity contribution in [2.75, 3.05) is 6.61 Å². The van der Waals surface area contributed by atoms with Crippen molar-refractivity contribution in [3.63, 3.8) is 0 Å². The summed E-state index contributed by atoms with van der Waals surface area (Å²) in [6.45, 7) is 6.11. The molecular weight excluding hydrogens is 272 g/mol. The highest BCUT2D eigenvalue weighted by Gasteiger charge is 2.11. The third kappa shape index (κ3) is 7.53. The van der Waals surface area contributed by atoms with Crippen molar-refractivity contribution < 1.29 is 9.53 Å². The quantitative estimate of drug-likeness (QED) is 0.255. The van der Waals surface area contributed by atoms with E-state index in [9.17, 15) is 4.79 Å². The van der Waals surface area contributed by atoms with Gasteiger partial charge in [-0.05, 0) is 31.4 Å². The van der Waals surface area contributed by atoms with Crippen molar-refractivity contribution in [1.29, 1.82) is 0 Å². The summed E-state index contributed by atoms with van der Waals surface area (Å²) in [5.41, 5.74) is 5.67. The van der Waals surface area contributed by atoms with Crippen LogP contribution in [-0.4, -0.2) is 12.6 Å². The van der Waals surface area contributed by atoms with Gasteiger partial charge in [-0.2, -0.15) is 0 Å². The highest BCUT2D eigenvalue weighted by atomic mass is 16.5. The first-order valence-electron chi connectivity index (χ1n) is 7.73. The Balaban J connectivity index is 2.66. The summed E-state index contributed by atoms with van der Waals surface area (Å²) < 4.78 is 5.23. The third-order valence-electron chi connectivity index (χ3n) is 2.93. The molecule has 0 spiro atoms. The van der Waals surface area contributed by atoms with Crippen LogP contribution in [-0.2, 0) is 16.0 Å². The summed E-state index contributed by atoms with van der Waals surface area (Å²) in [5.74, 6) is 5.55. The zero-order chi connectivity index (χ0) is 16.2. The molecule has 1 aromatic rings. The molecule has 0 fully saturated rings. The predicted molar refractivity (Wildman–Crippen MR) is 90.3 cm³/mol. The number of unbranched alkanes of at least 4 members (excludes halogenated alkanes) is 2. The molecular formula is C20H24O2. The molecule has 0 radical (unpaired) electrons. The maximum atomic E-state index is 12.2. The second kappa shape index (κ2) is 10.5. The fourth-order valence-electron chi connectivity index (χ4n) is 1.86. The lowest BCUT2D eigenvalue weighted by Gasteiger charge is -2.05. The van der Waals surface area contributed by atoms with Crippen molar-refractivity contribution in [1.82, 2.24) is 0 Å². The van der Waals surface area contributed by atoms with E-state index in [0.717, 1.165) is 30.4 Å². The van der Waals surface area contributed by atoms with Gasteiger partial charge in [0.15, 0.2) is 6.61 Å². The standard InChI is InChI=1S/C20H24O2/c1-4-5-6-7-11-14-22-20(21)19(15-17(2)3)16-18-12-9-8-10-13-18/h8-10,12-13H,4-6,14,16H2,1-3H3. The van der Waals surface area contributed by atoms with Crippen LogP contribution < -0.4 is 0 Å². The predicted octanol–water partition coefficient (Wildman–Crippen LogP) is 4.46. The van der Waals surface area contributed by atoms with Crippen molar-refractivity contribution in [2.24, 2.45) is 0 Å². The van der Waals surface area contributed by atoms with Gasteiger partial charge in [0.05, 0.1) is 5.57 Å². The van der Waals surface area contributed by atoms with Crippen LogP contribution in [0.15, 0.2) is 47.2 Å². The van der Waals surface area contributed by atoms with Gasteiger partial charge in [0, 0.05) is 12.8 Å². The van der Waals surface area contributed by atoms with E-state index in [1.807, 2.05) is 44.2 Å². The average Bonchev–Trinajstić information content (AvgIpc) is 2.50. The highest BCUT2D eigenvalue weighted by molar-refractivity contribution is 5.88. The van der Waals surface area contributed by atoms with E-state index in [1.165, 1.54) is 0 Å². The highest BCUT2D eigenvalue weighted by Crippen LogP contribution is 2.09. The molecule has 0 saturated heterocycles. The van der Waals surface area contributed by atoms with E-state index >= 15 is 0 Å². The molecule has 0 aromatic heterocycles. The van der Waals surface area contributed by atoms with Gasteiger partial charge < -0.3 is 4.74 Å². The number of benzene rings is 1. The zero-order valence-electron chi connectivity index (χ0n) is 13.7. The summed E-state index contributed by atoms with van der Waals surface area (Å²) in [5, 5.41) is 0. The molecule has 1 aromatic carbocycles. The third-order valence-corrected chi connectivity index (χ3v) is 2.93. The molecule has 0 aliphatic carbocycles. The Morgan fingerprint density at radius 2 is 1.86 bits per heavy atom. The molecule has 116 valence electrons. The van der Waals surface area contributed by atoms with Crippen LogP contribution in [0.5, 0.6) is 0 Å². The molecule has 0 N–H and O–H groups in total. The van der Waals surface area contributed by atoms with E-state index in [2.05, 4.69) is 24.5 Å². The van der Waals surface area contributed by atoms with Crippen molar-refractivity contribution in [3.05, 3.63) is 52.8 Å². The SMILES string of the molecule is CCCCC#CCOC(=O)C(=C=C(C)C)Cc1ccccc1. The minimum atomic E-state index is -0.338. The monoisotopic (exact) mass is 296 g/mol. The van der Waals surface area contributed by atoms with E-state index in [-0.39, 0.29) is 12.6 Å². The summed E-state index contributed by atoms with van der Waals surface area (Å²) in [4.78, 5) is 12.2. The Morgan fingerprint density at radius 3 is 2.50 bits per heavy atom. The fraction of sp³-hybridized carbons (Fsp3) is 0.400. The first-order valence-corrected chi connectivity index (χ1v) is 7.73. The number of esters is 1. The topological polar surface area (TPSA) is 26.3 Å². The molecule has 0 aliphatic heterocycles. The Bertz CT molecular complexity index is 590. The minimum absolute atomic E-state index is 0.144. The minimum Gasteiger partial charge on any atom is -0.449 e. The Morgan fingerprint density at radius 1 is 1.14 bits per heavy atom. The lowest BCUT2D eigenvalue weighted by Crippen LogP contribution is -2.10. The molecule has 0 unspecified atom stereocenters. The van der Waals surface area contributed by atoms with Gasteiger partial charge in [0.25, 0.3) is 0 Å². The lowest BCUT2D eigenvalue weighted by atomic mass is 10.1. The van der Waals surface area contributed by atoms with Crippen molar-refractivity contribution in [2.45, 2.75) is 46.5 Å². The van der Waals surface area contributed by atoms with Gasteiger partial charge in [-0.15, -0.1) is 5.73 Å². The summed E-state index contributed by atoms with van der Waals surface area (Å²) in [7, 11) is 0. The Hall–Kier alpha value is -2.23. The maximum Gasteiger partial charge on any atom is 0.343 e. The molecule has 0 atom stereocenters. The first kappa shape index (κ1) is 17.8. The number of hydrogen-bond acceptors (Lipinski definition) is 2. The number of rotatable bonds is 6. The average molecular weight is 296 g/mol. The van der Waals surface area contributed by atoms with Crippen LogP contribution >= 0.6 is 0 Å². The van der Waals surface area contributed by atoms with E-state index in [0.29, 0.717) is 12.0 Å². The van der Waals surface area contributed by atoms with Gasteiger partial charge >= 0.3 is 5.97 Å². The van der Waals surface area contributed by atoms with Gasteiger partial charge in [-0.3, -0.25) is 0 Å². The number of carbonyl (C=O) groups is 1. The van der Waals surface area contributed by atoms with E-state index < -0.39 is 0 Å². The number of ether oxygens (including phenoxy) is 1. The summed E-state index contributed by atoms with van der Waals surface area (Å²) in [6, 6.07) is 9.85. The largest absolute Gasteiger partial charge is 0.449 e. The maximum absolute atomic E-state index is 12.2. The van der Waals surface area contributed by atoms with Crippen LogP contribution in [0, 0.1) is 11.8 Å².